The summed E-state index contributed by atoms with van der Waals surface area (Å²) in [6.07, 6.45) is 7.94. The summed E-state index contributed by atoms with van der Waals surface area (Å²) in [4.78, 5) is 25.8. The quantitative estimate of drug-likeness (QED) is 0.644. The molecule has 5 nitrogen and oxygen atoms in total. The van der Waals surface area contributed by atoms with E-state index in [0.29, 0.717) is 29.2 Å². The Morgan fingerprint density at radius 2 is 1.97 bits per heavy atom. The number of Topliss-reactive ketones (excluding diaryl/α,β-unsaturated/α-hetero) is 1. The van der Waals surface area contributed by atoms with E-state index in [0.717, 1.165) is 6.42 Å². The van der Waals surface area contributed by atoms with Crippen molar-refractivity contribution in [2.24, 2.45) is 23.7 Å². The molecule has 1 N–H and O–H groups in total. The first kappa shape index (κ1) is 21.8. The van der Waals surface area contributed by atoms with Crippen LogP contribution in [0.1, 0.15) is 47.5 Å². The molecule has 0 aromatic rings. The number of hydrogen-bond donors (Lipinski definition) is 1. The van der Waals surface area contributed by atoms with Gasteiger partial charge in [0, 0.05) is 11.1 Å². The second-order valence-electron chi connectivity index (χ2n) is 8.45. The van der Waals surface area contributed by atoms with E-state index < -0.39 is 35.3 Å². The number of allylic oxidation sites excluding steroid dienone is 4. The van der Waals surface area contributed by atoms with Crippen LogP contribution in [0.25, 0.3) is 0 Å². The monoisotopic (exact) mass is 420 g/mol. The van der Waals surface area contributed by atoms with Crippen molar-refractivity contribution in [2.75, 3.05) is 0 Å². The number of aliphatic hydroxyl groups is 1. The Hall–Kier alpha value is -1.85. The summed E-state index contributed by atoms with van der Waals surface area (Å²) in [6.45, 7) is 9.60. The Bertz CT molecular complexity index is 836. The van der Waals surface area contributed by atoms with Crippen LogP contribution < -0.4 is 0 Å². The van der Waals surface area contributed by atoms with Crippen LogP contribution in [-0.2, 0) is 19.1 Å². The van der Waals surface area contributed by atoms with Gasteiger partial charge in [0.15, 0.2) is 5.60 Å². The van der Waals surface area contributed by atoms with Gasteiger partial charge in [-0.25, -0.2) is 0 Å². The lowest BCUT2D eigenvalue weighted by molar-refractivity contribution is -0.157. The predicted molar refractivity (Wildman–Crippen MR) is 111 cm³/mol. The summed E-state index contributed by atoms with van der Waals surface area (Å²) in [5.74, 6) is -1.67. The molecule has 2 aliphatic heterocycles. The van der Waals surface area contributed by atoms with E-state index in [1.165, 1.54) is 0 Å². The predicted octanol–water partition coefficient (Wildman–Crippen LogP) is 4.42. The average molecular weight is 421 g/mol. The molecule has 3 aliphatic rings. The minimum atomic E-state index is -1.44. The fourth-order valence-corrected chi connectivity index (χ4v) is 4.49. The molecular weight excluding hydrogens is 392 g/mol. The van der Waals surface area contributed by atoms with E-state index in [2.05, 4.69) is 13.8 Å². The van der Waals surface area contributed by atoms with Crippen LogP contribution >= 0.6 is 11.6 Å². The van der Waals surface area contributed by atoms with Gasteiger partial charge in [-0.1, -0.05) is 58.2 Å². The number of halogens is 1. The lowest BCUT2D eigenvalue weighted by Crippen LogP contribution is -2.49. The van der Waals surface area contributed by atoms with E-state index in [1.807, 2.05) is 26.0 Å². The number of fused-ring (bicyclic) bond motifs is 3. The zero-order valence-electron chi connectivity index (χ0n) is 17.6. The Balaban J connectivity index is 2.04. The highest BCUT2D eigenvalue weighted by molar-refractivity contribution is 6.45. The average Bonchev–Trinajstić information content (AvgIpc) is 3.00. The van der Waals surface area contributed by atoms with E-state index in [4.69, 9.17) is 21.1 Å². The van der Waals surface area contributed by atoms with Gasteiger partial charge in [-0.05, 0) is 30.9 Å². The molecule has 0 bridgehead atoms. The first-order chi connectivity index (χ1) is 13.7. The van der Waals surface area contributed by atoms with Gasteiger partial charge in [0.05, 0.1) is 29.2 Å². The number of rotatable bonds is 6. The third kappa shape index (κ3) is 3.59. The molecule has 0 amide bonds. The lowest BCUT2D eigenvalue weighted by atomic mass is 9.66. The molecule has 1 fully saturated rings. The molecule has 2 heterocycles. The zero-order valence-corrected chi connectivity index (χ0v) is 18.3. The zero-order chi connectivity index (χ0) is 21.5. The third-order valence-electron chi connectivity index (χ3n) is 6.51. The summed E-state index contributed by atoms with van der Waals surface area (Å²) in [5, 5.41) is 10.9. The van der Waals surface area contributed by atoms with Crippen molar-refractivity contribution in [2.45, 2.75) is 59.2 Å². The minimum absolute atomic E-state index is 0.0271. The molecule has 0 unspecified atom stereocenters. The van der Waals surface area contributed by atoms with Crippen molar-refractivity contribution in [3.05, 3.63) is 46.4 Å². The van der Waals surface area contributed by atoms with Crippen LogP contribution in [0.4, 0.5) is 0 Å². The summed E-state index contributed by atoms with van der Waals surface area (Å²) in [5.41, 5.74) is -0.283. The third-order valence-corrected chi connectivity index (χ3v) is 6.88. The molecule has 158 valence electrons. The van der Waals surface area contributed by atoms with Crippen molar-refractivity contribution < 1.29 is 24.2 Å². The lowest BCUT2D eigenvalue weighted by Gasteiger charge is -2.38. The molecule has 0 aromatic carbocycles. The molecule has 29 heavy (non-hydrogen) atoms. The van der Waals surface area contributed by atoms with Crippen molar-refractivity contribution in [3.8, 4) is 0 Å². The molecule has 0 spiro atoms. The van der Waals surface area contributed by atoms with Gasteiger partial charge in [-0.15, -0.1) is 0 Å². The minimum Gasteiger partial charge on any atom is -0.465 e. The van der Waals surface area contributed by atoms with Gasteiger partial charge in [-0.2, -0.15) is 0 Å². The standard InChI is InChI=1S/C23H29ClO5/c1-6-12(3)8-9-14-10-15-16(11-28-14)18-17(20(25)13(4)7-2)22(27)29-23(18,5)21(26)19(15)24/h8-13,17-18,20,25H,6-7H2,1-5H3/b9-8+/t12-,13-,17-,18+,20+,23+/m0/s1. The van der Waals surface area contributed by atoms with E-state index in [9.17, 15) is 14.7 Å². The SMILES string of the molecule is CC[C@H](C)/C=C/C1=CC2=C(Cl)C(=O)[C@]3(C)OC(=O)[C@H]([C@H](O)[C@@H](C)CC)[C@H]3C2=CO1. The second-order valence-corrected chi connectivity index (χ2v) is 8.82. The first-order valence-corrected chi connectivity index (χ1v) is 10.7. The maximum Gasteiger partial charge on any atom is 0.313 e. The van der Waals surface area contributed by atoms with Crippen LogP contribution in [0.2, 0.25) is 0 Å². The number of esters is 1. The van der Waals surface area contributed by atoms with Crippen molar-refractivity contribution in [1.29, 1.82) is 0 Å². The summed E-state index contributed by atoms with van der Waals surface area (Å²) in [7, 11) is 0. The molecule has 0 aromatic heterocycles. The van der Waals surface area contributed by atoms with Gasteiger partial charge in [0.1, 0.15) is 5.76 Å². The number of hydrogen-bond acceptors (Lipinski definition) is 5. The Kier molecular flexibility index (Phi) is 6.11. The molecule has 1 saturated heterocycles. The van der Waals surface area contributed by atoms with Gasteiger partial charge < -0.3 is 14.6 Å². The number of ketones is 1. The van der Waals surface area contributed by atoms with Gasteiger partial charge >= 0.3 is 5.97 Å². The highest BCUT2D eigenvalue weighted by Gasteiger charge is 2.64. The maximum absolute atomic E-state index is 13.1. The maximum atomic E-state index is 13.1. The van der Waals surface area contributed by atoms with E-state index in [-0.39, 0.29) is 11.0 Å². The molecule has 1 aliphatic carbocycles. The Morgan fingerprint density at radius 3 is 2.59 bits per heavy atom. The Morgan fingerprint density at radius 1 is 1.28 bits per heavy atom. The fraction of sp³-hybridized carbons (Fsp3) is 0.565. The van der Waals surface area contributed by atoms with Crippen molar-refractivity contribution in [3.63, 3.8) is 0 Å². The number of aliphatic hydroxyl groups excluding tert-OH is 1. The number of carbonyl (C=O) groups is 2. The van der Waals surface area contributed by atoms with Gasteiger partial charge in [-0.3, -0.25) is 9.59 Å². The van der Waals surface area contributed by atoms with E-state index >= 15 is 0 Å². The van der Waals surface area contributed by atoms with Crippen LogP contribution in [-0.4, -0.2) is 28.6 Å². The summed E-state index contributed by atoms with van der Waals surface area (Å²) < 4.78 is 11.3. The smallest absolute Gasteiger partial charge is 0.313 e. The summed E-state index contributed by atoms with van der Waals surface area (Å²) >= 11 is 6.43. The molecular formula is C23H29ClO5. The van der Waals surface area contributed by atoms with Crippen LogP contribution in [0.15, 0.2) is 46.4 Å². The molecule has 6 heteroatoms. The van der Waals surface area contributed by atoms with Gasteiger partial charge in [0.2, 0.25) is 5.78 Å². The van der Waals surface area contributed by atoms with Crippen molar-refractivity contribution >= 4 is 23.4 Å². The largest absolute Gasteiger partial charge is 0.465 e. The van der Waals surface area contributed by atoms with Crippen molar-refractivity contribution in [1.82, 2.24) is 0 Å². The molecule has 0 saturated carbocycles. The topological polar surface area (TPSA) is 72.8 Å². The Labute approximate surface area is 177 Å². The molecule has 0 radical (unpaired) electrons. The van der Waals surface area contributed by atoms with Crippen LogP contribution in [0.5, 0.6) is 0 Å². The normalized spacial score (nSPS) is 32.1. The fourth-order valence-electron chi connectivity index (χ4n) is 4.14. The van der Waals surface area contributed by atoms with Crippen LogP contribution in [0.3, 0.4) is 0 Å². The van der Waals surface area contributed by atoms with Gasteiger partial charge in [0.25, 0.3) is 0 Å². The number of ether oxygens (including phenoxy) is 2. The number of carbonyl (C=O) groups excluding carboxylic acids is 2. The van der Waals surface area contributed by atoms with Crippen LogP contribution in [0, 0.1) is 23.7 Å². The highest BCUT2D eigenvalue weighted by atomic mass is 35.5. The molecule has 6 atom stereocenters. The van der Waals surface area contributed by atoms with E-state index in [1.54, 1.807) is 19.3 Å². The molecule has 3 rings (SSSR count). The highest BCUT2D eigenvalue weighted by Crippen LogP contribution is 2.53. The summed E-state index contributed by atoms with van der Waals surface area (Å²) in [6, 6.07) is 0. The second kappa shape index (κ2) is 8.11. The first-order valence-electron chi connectivity index (χ1n) is 10.3.